The van der Waals surface area contributed by atoms with Gasteiger partial charge in [-0.05, 0) is 30.7 Å². The van der Waals surface area contributed by atoms with E-state index < -0.39 is 10.0 Å². The van der Waals surface area contributed by atoms with E-state index in [1.807, 2.05) is 6.92 Å². The minimum Gasteiger partial charge on any atom is -0.384 e. The number of hydrogen-bond donors (Lipinski definition) is 1. The van der Waals surface area contributed by atoms with E-state index in [-0.39, 0.29) is 16.8 Å². The molecule has 1 unspecified atom stereocenters. The Bertz CT molecular complexity index is 732. The van der Waals surface area contributed by atoms with Gasteiger partial charge in [0.2, 0.25) is 10.0 Å². The molecule has 5 nitrogen and oxygen atoms in total. The molecule has 0 fully saturated rings. The molecule has 0 aliphatic heterocycles. The fourth-order valence-corrected chi connectivity index (χ4v) is 3.41. The van der Waals surface area contributed by atoms with Crippen LogP contribution in [0.3, 0.4) is 0 Å². The molecule has 1 aromatic heterocycles. The maximum atomic E-state index is 12.6. The van der Waals surface area contributed by atoms with Crippen LogP contribution in [0.25, 0.3) is 0 Å². The van der Waals surface area contributed by atoms with Crippen molar-refractivity contribution in [2.45, 2.75) is 17.9 Å². The molecule has 1 aromatic carbocycles. The van der Waals surface area contributed by atoms with Crippen molar-refractivity contribution in [1.82, 2.24) is 9.29 Å². The lowest BCUT2D eigenvalue weighted by Gasteiger charge is -2.24. The van der Waals surface area contributed by atoms with Gasteiger partial charge in [0.25, 0.3) is 0 Å². The van der Waals surface area contributed by atoms with Gasteiger partial charge >= 0.3 is 0 Å². The van der Waals surface area contributed by atoms with Gasteiger partial charge in [-0.1, -0.05) is 23.7 Å². The Kier molecular flexibility index (Phi) is 4.51. The SMILES string of the molecule is CC(c1ccc(Cl)cc1)N(C)S(=O)(=O)c1ccnc(N)c1. The molecule has 0 saturated carbocycles. The first-order chi connectivity index (χ1) is 9.82. The highest BCUT2D eigenvalue weighted by Gasteiger charge is 2.26. The number of hydrogen-bond acceptors (Lipinski definition) is 4. The van der Waals surface area contributed by atoms with Crippen LogP contribution < -0.4 is 5.73 Å². The van der Waals surface area contributed by atoms with Gasteiger partial charge in [0.15, 0.2) is 0 Å². The molecule has 112 valence electrons. The van der Waals surface area contributed by atoms with E-state index in [2.05, 4.69) is 4.98 Å². The lowest BCUT2D eigenvalue weighted by Crippen LogP contribution is -2.29. The summed E-state index contributed by atoms with van der Waals surface area (Å²) in [6.45, 7) is 1.81. The molecule has 0 bridgehead atoms. The molecule has 2 rings (SSSR count). The van der Waals surface area contributed by atoms with E-state index in [0.717, 1.165) is 5.56 Å². The summed E-state index contributed by atoms with van der Waals surface area (Å²) >= 11 is 5.85. The van der Waals surface area contributed by atoms with E-state index >= 15 is 0 Å². The number of rotatable bonds is 4. The number of nitrogens with zero attached hydrogens (tertiary/aromatic N) is 2. The smallest absolute Gasteiger partial charge is 0.243 e. The zero-order chi connectivity index (χ0) is 15.6. The molecule has 0 radical (unpaired) electrons. The second-order valence-corrected chi connectivity index (χ2v) is 7.10. The summed E-state index contributed by atoms with van der Waals surface area (Å²) in [4.78, 5) is 3.93. The molecule has 2 aromatic rings. The van der Waals surface area contributed by atoms with Crippen LogP contribution in [0, 0.1) is 0 Å². The second-order valence-electron chi connectivity index (χ2n) is 4.67. The van der Waals surface area contributed by atoms with E-state index in [4.69, 9.17) is 17.3 Å². The number of sulfonamides is 1. The van der Waals surface area contributed by atoms with Crippen LogP contribution in [0.15, 0.2) is 47.5 Å². The molecule has 1 atom stereocenters. The Hall–Kier alpha value is -1.63. The molecule has 0 aliphatic carbocycles. The molecule has 0 spiro atoms. The van der Waals surface area contributed by atoms with Crippen LogP contribution >= 0.6 is 11.6 Å². The van der Waals surface area contributed by atoms with Gasteiger partial charge < -0.3 is 5.73 Å². The topological polar surface area (TPSA) is 76.3 Å². The molecular formula is C14H16ClN3O2S. The van der Waals surface area contributed by atoms with E-state index in [1.54, 1.807) is 24.3 Å². The third kappa shape index (κ3) is 3.34. The summed E-state index contributed by atoms with van der Waals surface area (Å²) in [5, 5.41) is 0.610. The first-order valence-corrected chi connectivity index (χ1v) is 8.09. The molecule has 2 N–H and O–H groups in total. The molecule has 21 heavy (non-hydrogen) atoms. The van der Waals surface area contributed by atoms with Crippen molar-refractivity contribution >= 4 is 27.4 Å². The van der Waals surface area contributed by atoms with Gasteiger partial charge in [-0.2, -0.15) is 4.31 Å². The summed E-state index contributed by atoms with van der Waals surface area (Å²) in [5.74, 6) is 0.170. The van der Waals surface area contributed by atoms with Crippen molar-refractivity contribution in [3.05, 3.63) is 53.2 Å². The van der Waals surface area contributed by atoms with Gasteiger partial charge in [-0.3, -0.25) is 0 Å². The highest BCUT2D eigenvalue weighted by atomic mass is 35.5. The van der Waals surface area contributed by atoms with Crippen molar-refractivity contribution in [3.8, 4) is 0 Å². The van der Waals surface area contributed by atoms with Gasteiger partial charge in [0.1, 0.15) is 5.82 Å². The maximum absolute atomic E-state index is 12.6. The third-order valence-corrected chi connectivity index (χ3v) is 5.50. The summed E-state index contributed by atoms with van der Waals surface area (Å²) in [6.07, 6.45) is 1.38. The number of aromatic nitrogens is 1. The average molecular weight is 326 g/mol. The third-order valence-electron chi connectivity index (χ3n) is 3.33. The lowest BCUT2D eigenvalue weighted by molar-refractivity contribution is 0.398. The van der Waals surface area contributed by atoms with Gasteiger partial charge in [0, 0.05) is 30.4 Å². The first kappa shape index (κ1) is 15.8. The van der Waals surface area contributed by atoms with Crippen LogP contribution in [-0.2, 0) is 10.0 Å². The molecule has 0 aliphatic rings. The Morgan fingerprint density at radius 2 is 1.86 bits per heavy atom. The normalized spacial score (nSPS) is 13.3. The van der Waals surface area contributed by atoms with Gasteiger partial charge in [0.05, 0.1) is 4.90 Å². The first-order valence-electron chi connectivity index (χ1n) is 6.27. The quantitative estimate of drug-likeness (QED) is 0.937. The fourth-order valence-electron chi connectivity index (χ4n) is 1.91. The predicted octanol–water partition coefficient (Wildman–Crippen LogP) is 2.70. The second kappa shape index (κ2) is 6.01. The number of nitrogens with two attached hydrogens (primary N) is 1. The van der Waals surface area contributed by atoms with Crippen molar-refractivity contribution < 1.29 is 8.42 Å². The van der Waals surface area contributed by atoms with Crippen molar-refractivity contribution in [2.75, 3.05) is 12.8 Å². The number of anilines is 1. The van der Waals surface area contributed by atoms with Crippen LogP contribution in [0.4, 0.5) is 5.82 Å². The summed E-state index contributed by atoms with van der Waals surface area (Å²) in [7, 11) is -2.11. The zero-order valence-electron chi connectivity index (χ0n) is 11.7. The standard InChI is InChI=1S/C14H16ClN3O2S/c1-10(11-3-5-12(15)6-4-11)18(2)21(19,20)13-7-8-17-14(16)9-13/h3-10H,1-2H3,(H2,16,17). The highest BCUT2D eigenvalue weighted by molar-refractivity contribution is 7.89. The zero-order valence-corrected chi connectivity index (χ0v) is 13.3. The Morgan fingerprint density at radius 3 is 2.43 bits per heavy atom. The van der Waals surface area contributed by atoms with Gasteiger partial charge in [-0.25, -0.2) is 13.4 Å². The van der Waals surface area contributed by atoms with E-state index in [1.165, 1.54) is 29.7 Å². The van der Waals surface area contributed by atoms with Crippen LogP contribution in [0.1, 0.15) is 18.5 Å². The Labute approximate surface area is 129 Å². The van der Waals surface area contributed by atoms with E-state index in [0.29, 0.717) is 5.02 Å². The molecule has 0 saturated heterocycles. The minimum atomic E-state index is -3.64. The molecule has 0 amide bonds. The number of nitrogen functional groups attached to an aromatic ring is 1. The predicted molar refractivity (Wildman–Crippen MR) is 83.5 cm³/mol. The number of halogens is 1. The monoisotopic (exact) mass is 325 g/mol. The summed E-state index contributed by atoms with van der Waals surface area (Å²) < 4.78 is 26.5. The average Bonchev–Trinajstić information content (AvgIpc) is 2.46. The minimum absolute atomic E-state index is 0.123. The van der Waals surface area contributed by atoms with E-state index in [9.17, 15) is 8.42 Å². The van der Waals surface area contributed by atoms with Crippen LogP contribution in [0.2, 0.25) is 5.02 Å². The van der Waals surface area contributed by atoms with Crippen LogP contribution in [0.5, 0.6) is 0 Å². The summed E-state index contributed by atoms with van der Waals surface area (Å²) in [6, 6.07) is 9.52. The van der Waals surface area contributed by atoms with Crippen molar-refractivity contribution in [2.24, 2.45) is 0 Å². The highest BCUT2D eigenvalue weighted by Crippen LogP contribution is 2.26. The molecular weight excluding hydrogens is 310 g/mol. The Balaban J connectivity index is 2.33. The van der Waals surface area contributed by atoms with Crippen LogP contribution in [-0.4, -0.2) is 24.8 Å². The fraction of sp³-hybridized carbons (Fsp3) is 0.214. The lowest BCUT2D eigenvalue weighted by atomic mass is 10.1. The van der Waals surface area contributed by atoms with Gasteiger partial charge in [-0.15, -0.1) is 0 Å². The Morgan fingerprint density at radius 1 is 1.24 bits per heavy atom. The molecule has 1 heterocycles. The summed E-state index contributed by atoms with van der Waals surface area (Å²) in [5.41, 5.74) is 6.40. The largest absolute Gasteiger partial charge is 0.384 e. The maximum Gasteiger partial charge on any atom is 0.243 e. The number of pyridine rings is 1. The number of benzene rings is 1. The van der Waals surface area contributed by atoms with Crippen molar-refractivity contribution in [1.29, 1.82) is 0 Å². The molecule has 7 heteroatoms. The van der Waals surface area contributed by atoms with Crippen molar-refractivity contribution in [3.63, 3.8) is 0 Å².